The van der Waals surface area contributed by atoms with Crippen LogP contribution in [0.2, 0.25) is 0 Å². The van der Waals surface area contributed by atoms with Crippen molar-refractivity contribution in [3.05, 3.63) is 54.4 Å². The van der Waals surface area contributed by atoms with Crippen molar-refractivity contribution in [2.75, 3.05) is 0 Å². The number of alkyl halides is 3. The van der Waals surface area contributed by atoms with Crippen molar-refractivity contribution in [3.63, 3.8) is 0 Å². The number of benzene rings is 1. The molecule has 0 amide bonds. The van der Waals surface area contributed by atoms with Gasteiger partial charge in [0.05, 0.1) is 5.56 Å². The zero-order chi connectivity index (χ0) is 15.7. The van der Waals surface area contributed by atoms with Gasteiger partial charge in [0.15, 0.2) is 11.6 Å². The van der Waals surface area contributed by atoms with Gasteiger partial charge >= 0.3 is 6.18 Å². The number of hydrogen-bond acceptors (Lipinski definition) is 3. The molecule has 0 N–H and O–H groups in total. The average molecular weight is 304 g/mol. The molecule has 112 valence electrons. The van der Waals surface area contributed by atoms with Crippen LogP contribution >= 0.6 is 0 Å². The summed E-state index contributed by atoms with van der Waals surface area (Å²) in [5.74, 6) is 0.525. The predicted molar refractivity (Wildman–Crippen MR) is 74.7 cm³/mol. The van der Waals surface area contributed by atoms with E-state index < -0.39 is 11.7 Å². The summed E-state index contributed by atoms with van der Waals surface area (Å²) in [5, 5.41) is 4.19. The molecule has 1 aromatic carbocycles. The van der Waals surface area contributed by atoms with Crippen LogP contribution in [0, 0.1) is 0 Å². The molecule has 0 aliphatic carbocycles. The van der Waals surface area contributed by atoms with Crippen LogP contribution in [0.1, 0.15) is 5.56 Å². The third-order valence-electron chi connectivity index (χ3n) is 3.17. The maximum Gasteiger partial charge on any atom is 0.417 e. The van der Waals surface area contributed by atoms with E-state index in [0.717, 1.165) is 6.07 Å². The summed E-state index contributed by atoms with van der Waals surface area (Å²) in [4.78, 5) is 8.14. The van der Waals surface area contributed by atoms with E-state index in [-0.39, 0.29) is 11.4 Å². The Bertz CT molecular complexity index is 794. The molecule has 0 aliphatic heterocycles. The SMILES string of the molecule is Cn1nc(-c2ccncc2)nc1-c1ccccc1C(F)(F)F. The van der Waals surface area contributed by atoms with Crippen molar-refractivity contribution < 1.29 is 13.2 Å². The van der Waals surface area contributed by atoms with E-state index >= 15 is 0 Å². The van der Waals surface area contributed by atoms with Crippen LogP contribution < -0.4 is 0 Å². The van der Waals surface area contributed by atoms with Gasteiger partial charge in [-0.1, -0.05) is 18.2 Å². The predicted octanol–water partition coefficient (Wildman–Crippen LogP) is 3.56. The Morgan fingerprint density at radius 3 is 2.36 bits per heavy atom. The number of rotatable bonds is 2. The topological polar surface area (TPSA) is 43.6 Å². The molecule has 0 spiro atoms. The summed E-state index contributed by atoms with van der Waals surface area (Å²) >= 11 is 0. The fourth-order valence-electron chi connectivity index (χ4n) is 2.17. The average Bonchev–Trinajstić information content (AvgIpc) is 2.89. The highest BCUT2D eigenvalue weighted by molar-refractivity contribution is 5.65. The maximum absolute atomic E-state index is 13.1. The van der Waals surface area contributed by atoms with Gasteiger partial charge in [-0.3, -0.25) is 4.98 Å². The van der Waals surface area contributed by atoms with Gasteiger partial charge in [0, 0.05) is 30.6 Å². The quantitative estimate of drug-likeness (QED) is 0.727. The molecule has 3 rings (SSSR count). The molecule has 0 bridgehead atoms. The number of aromatic nitrogens is 4. The summed E-state index contributed by atoms with van der Waals surface area (Å²) in [6.45, 7) is 0. The van der Waals surface area contributed by atoms with Crippen molar-refractivity contribution >= 4 is 0 Å². The Kier molecular flexibility index (Phi) is 3.40. The Hall–Kier alpha value is -2.70. The Morgan fingerprint density at radius 1 is 1.00 bits per heavy atom. The van der Waals surface area contributed by atoms with Crippen LogP contribution in [0.15, 0.2) is 48.8 Å². The summed E-state index contributed by atoms with van der Waals surface area (Å²) in [6, 6.07) is 8.74. The van der Waals surface area contributed by atoms with E-state index in [1.54, 1.807) is 37.6 Å². The Balaban J connectivity index is 2.13. The monoisotopic (exact) mass is 304 g/mol. The highest BCUT2D eigenvalue weighted by Gasteiger charge is 2.34. The van der Waals surface area contributed by atoms with Crippen molar-refractivity contribution in [1.29, 1.82) is 0 Å². The van der Waals surface area contributed by atoms with E-state index in [1.165, 1.54) is 16.8 Å². The summed E-state index contributed by atoms with van der Waals surface area (Å²) < 4.78 is 40.7. The molecule has 2 heterocycles. The fourth-order valence-corrected chi connectivity index (χ4v) is 2.17. The summed E-state index contributed by atoms with van der Waals surface area (Å²) in [6.07, 6.45) is -1.29. The van der Waals surface area contributed by atoms with Crippen LogP contribution in [0.25, 0.3) is 22.8 Å². The Labute approximate surface area is 124 Å². The van der Waals surface area contributed by atoms with Gasteiger partial charge in [-0.25, -0.2) is 9.67 Å². The first-order chi connectivity index (χ1) is 10.5. The summed E-state index contributed by atoms with van der Waals surface area (Å²) in [5.41, 5.74) is -0.0292. The number of aryl methyl sites for hydroxylation is 1. The maximum atomic E-state index is 13.1. The normalized spacial score (nSPS) is 11.6. The smallest absolute Gasteiger partial charge is 0.265 e. The van der Waals surface area contributed by atoms with Crippen molar-refractivity contribution in [3.8, 4) is 22.8 Å². The van der Waals surface area contributed by atoms with Crippen LogP contribution in [-0.4, -0.2) is 19.7 Å². The lowest BCUT2D eigenvalue weighted by molar-refractivity contribution is -0.137. The zero-order valence-corrected chi connectivity index (χ0v) is 11.5. The number of pyridine rings is 1. The first kappa shape index (κ1) is 14.2. The van der Waals surface area contributed by atoms with Crippen LogP contribution in [0.3, 0.4) is 0 Å². The van der Waals surface area contributed by atoms with E-state index in [2.05, 4.69) is 15.1 Å². The number of hydrogen-bond donors (Lipinski definition) is 0. The molecular weight excluding hydrogens is 293 g/mol. The van der Waals surface area contributed by atoms with Gasteiger partial charge in [-0.15, -0.1) is 0 Å². The van der Waals surface area contributed by atoms with Gasteiger partial charge in [0.25, 0.3) is 0 Å². The lowest BCUT2D eigenvalue weighted by atomic mass is 10.1. The zero-order valence-electron chi connectivity index (χ0n) is 11.5. The minimum absolute atomic E-state index is 0.00491. The second kappa shape index (κ2) is 5.25. The molecule has 7 heteroatoms. The van der Waals surface area contributed by atoms with Gasteiger partial charge in [0.2, 0.25) is 0 Å². The van der Waals surface area contributed by atoms with Gasteiger partial charge in [-0.2, -0.15) is 18.3 Å². The van der Waals surface area contributed by atoms with Gasteiger partial charge in [0.1, 0.15) is 0 Å². The first-order valence-electron chi connectivity index (χ1n) is 6.45. The van der Waals surface area contributed by atoms with Crippen LogP contribution in [-0.2, 0) is 13.2 Å². The minimum Gasteiger partial charge on any atom is -0.265 e. The van der Waals surface area contributed by atoms with Crippen molar-refractivity contribution in [1.82, 2.24) is 19.7 Å². The molecule has 0 fully saturated rings. The standard InChI is InChI=1S/C15H11F3N4/c1-22-14(11-4-2-3-5-12(11)15(16,17)18)20-13(21-22)10-6-8-19-9-7-10/h2-9H,1H3. The first-order valence-corrected chi connectivity index (χ1v) is 6.45. The van der Waals surface area contributed by atoms with E-state index in [4.69, 9.17) is 0 Å². The number of halogens is 3. The molecule has 3 aromatic rings. The third-order valence-corrected chi connectivity index (χ3v) is 3.17. The van der Waals surface area contributed by atoms with Gasteiger partial charge in [-0.05, 0) is 18.2 Å². The molecule has 22 heavy (non-hydrogen) atoms. The lowest BCUT2D eigenvalue weighted by Gasteiger charge is -2.11. The van der Waals surface area contributed by atoms with Crippen molar-refractivity contribution in [2.45, 2.75) is 6.18 Å². The molecule has 0 unspecified atom stereocenters. The molecule has 0 saturated heterocycles. The second-order valence-electron chi connectivity index (χ2n) is 4.66. The molecule has 0 aliphatic rings. The molecule has 0 atom stereocenters. The highest BCUT2D eigenvalue weighted by Crippen LogP contribution is 2.36. The highest BCUT2D eigenvalue weighted by atomic mass is 19.4. The Morgan fingerprint density at radius 2 is 1.68 bits per heavy atom. The lowest BCUT2D eigenvalue weighted by Crippen LogP contribution is -2.08. The molecule has 0 radical (unpaired) electrons. The van der Waals surface area contributed by atoms with Crippen LogP contribution in [0.5, 0.6) is 0 Å². The molecular formula is C15H11F3N4. The second-order valence-corrected chi connectivity index (χ2v) is 4.66. The minimum atomic E-state index is -4.45. The van der Waals surface area contributed by atoms with Gasteiger partial charge < -0.3 is 0 Å². The third kappa shape index (κ3) is 2.57. The van der Waals surface area contributed by atoms with Crippen LogP contribution in [0.4, 0.5) is 13.2 Å². The van der Waals surface area contributed by atoms with E-state index in [9.17, 15) is 13.2 Å². The molecule has 4 nitrogen and oxygen atoms in total. The molecule has 2 aromatic heterocycles. The van der Waals surface area contributed by atoms with E-state index in [1.807, 2.05) is 0 Å². The molecule has 0 saturated carbocycles. The largest absolute Gasteiger partial charge is 0.417 e. The van der Waals surface area contributed by atoms with E-state index in [0.29, 0.717) is 11.4 Å². The fraction of sp³-hybridized carbons (Fsp3) is 0.133. The van der Waals surface area contributed by atoms with Crippen molar-refractivity contribution in [2.24, 2.45) is 7.05 Å². The summed E-state index contributed by atoms with van der Waals surface area (Å²) in [7, 11) is 1.57. The number of nitrogens with zero attached hydrogens (tertiary/aromatic N) is 4.